The van der Waals surface area contributed by atoms with Gasteiger partial charge in [-0.1, -0.05) is 15.9 Å². The molecule has 3 nitrogen and oxygen atoms in total. The van der Waals surface area contributed by atoms with Gasteiger partial charge in [-0.2, -0.15) is 5.26 Å². The molecule has 2 aromatic rings. The molecule has 0 saturated heterocycles. The van der Waals surface area contributed by atoms with Crippen LogP contribution >= 0.6 is 31.9 Å². The monoisotopic (exact) mass is 392 g/mol. The highest BCUT2D eigenvalue weighted by atomic mass is 79.9. The summed E-state index contributed by atoms with van der Waals surface area (Å²) < 4.78 is 1.59. The maximum atomic E-state index is 12.5. The van der Waals surface area contributed by atoms with Crippen LogP contribution in [0.3, 0.4) is 0 Å². The van der Waals surface area contributed by atoms with Crippen LogP contribution in [-0.2, 0) is 0 Å². The standard InChI is InChI=1S/C15H10Br2N2O/c1-19(12-5-2-10(9-18)3-6-12)15(20)13-8-11(16)4-7-14(13)17/h2-8H,1H3. The van der Waals surface area contributed by atoms with Gasteiger partial charge in [0.25, 0.3) is 5.91 Å². The van der Waals surface area contributed by atoms with Crippen molar-refractivity contribution in [1.82, 2.24) is 0 Å². The van der Waals surface area contributed by atoms with Crippen molar-refractivity contribution in [3.63, 3.8) is 0 Å². The fourth-order valence-electron chi connectivity index (χ4n) is 1.72. The molecule has 0 heterocycles. The van der Waals surface area contributed by atoms with E-state index in [-0.39, 0.29) is 5.91 Å². The maximum absolute atomic E-state index is 12.5. The van der Waals surface area contributed by atoms with E-state index in [0.717, 1.165) is 14.6 Å². The molecule has 0 aliphatic carbocycles. The summed E-state index contributed by atoms with van der Waals surface area (Å²) in [4.78, 5) is 14.0. The highest BCUT2D eigenvalue weighted by Crippen LogP contribution is 2.24. The lowest BCUT2D eigenvalue weighted by Gasteiger charge is -2.18. The third kappa shape index (κ3) is 3.09. The summed E-state index contributed by atoms with van der Waals surface area (Å²) in [6, 6.07) is 14.4. The Morgan fingerprint density at radius 1 is 1.15 bits per heavy atom. The van der Waals surface area contributed by atoms with E-state index in [2.05, 4.69) is 37.9 Å². The number of rotatable bonds is 2. The lowest BCUT2D eigenvalue weighted by atomic mass is 10.1. The van der Waals surface area contributed by atoms with Crippen LogP contribution < -0.4 is 4.90 Å². The second kappa shape index (κ2) is 6.21. The second-order valence-electron chi connectivity index (χ2n) is 4.15. The van der Waals surface area contributed by atoms with E-state index >= 15 is 0 Å². The fourth-order valence-corrected chi connectivity index (χ4v) is 2.50. The smallest absolute Gasteiger partial charge is 0.259 e. The Kier molecular flexibility index (Phi) is 4.58. The predicted molar refractivity (Wildman–Crippen MR) is 85.7 cm³/mol. The summed E-state index contributed by atoms with van der Waals surface area (Å²) in [5, 5.41) is 8.78. The van der Waals surface area contributed by atoms with Crippen molar-refractivity contribution >= 4 is 43.5 Å². The average Bonchev–Trinajstić information content (AvgIpc) is 2.48. The summed E-state index contributed by atoms with van der Waals surface area (Å²) in [5.74, 6) is -0.122. The van der Waals surface area contributed by atoms with Crippen LogP contribution in [-0.4, -0.2) is 13.0 Å². The molecular weight excluding hydrogens is 384 g/mol. The first kappa shape index (κ1) is 14.8. The fraction of sp³-hybridized carbons (Fsp3) is 0.0667. The normalized spacial score (nSPS) is 9.90. The van der Waals surface area contributed by atoms with E-state index < -0.39 is 0 Å². The molecule has 2 rings (SSSR count). The van der Waals surface area contributed by atoms with Crippen LogP contribution in [0.4, 0.5) is 5.69 Å². The number of hydrogen-bond acceptors (Lipinski definition) is 2. The zero-order valence-corrected chi connectivity index (χ0v) is 13.8. The molecule has 0 atom stereocenters. The molecule has 0 aliphatic heterocycles. The Morgan fingerprint density at radius 3 is 2.40 bits per heavy atom. The predicted octanol–water partition coefficient (Wildman–Crippen LogP) is 4.36. The number of halogens is 2. The summed E-state index contributed by atoms with van der Waals surface area (Å²) in [5.41, 5.74) is 1.88. The molecule has 1 amide bonds. The summed E-state index contributed by atoms with van der Waals surface area (Å²) >= 11 is 6.74. The highest BCUT2D eigenvalue weighted by molar-refractivity contribution is 9.11. The topological polar surface area (TPSA) is 44.1 Å². The largest absolute Gasteiger partial charge is 0.311 e. The molecular formula is C15H10Br2N2O. The van der Waals surface area contributed by atoms with Gasteiger partial charge in [-0.05, 0) is 58.4 Å². The summed E-state index contributed by atoms with van der Waals surface area (Å²) in [7, 11) is 1.71. The Hall–Kier alpha value is -1.64. The number of nitriles is 1. The van der Waals surface area contributed by atoms with Gasteiger partial charge in [-0.15, -0.1) is 0 Å². The lowest BCUT2D eigenvalue weighted by Crippen LogP contribution is -2.26. The number of amides is 1. The first-order valence-corrected chi connectivity index (χ1v) is 7.35. The van der Waals surface area contributed by atoms with Crippen molar-refractivity contribution in [2.75, 3.05) is 11.9 Å². The highest BCUT2D eigenvalue weighted by Gasteiger charge is 2.16. The molecule has 0 fully saturated rings. The van der Waals surface area contributed by atoms with Gasteiger partial charge in [0.2, 0.25) is 0 Å². The van der Waals surface area contributed by atoms with Gasteiger partial charge < -0.3 is 4.90 Å². The number of hydrogen-bond donors (Lipinski definition) is 0. The van der Waals surface area contributed by atoms with Crippen LogP contribution in [0.5, 0.6) is 0 Å². The molecule has 0 N–H and O–H groups in total. The molecule has 5 heteroatoms. The summed E-state index contributed by atoms with van der Waals surface area (Å²) in [6.45, 7) is 0. The first-order valence-electron chi connectivity index (χ1n) is 5.76. The van der Waals surface area contributed by atoms with Crippen LogP contribution in [0, 0.1) is 11.3 Å². The second-order valence-corrected chi connectivity index (χ2v) is 5.92. The van der Waals surface area contributed by atoms with Crippen molar-refractivity contribution in [3.8, 4) is 6.07 Å². The number of carbonyl (C=O) groups excluding carboxylic acids is 1. The van der Waals surface area contributed by atoms with Crippen molar-refractivity contribution in [2.45, 2.75) is 0 Å². The van der Waals surface area contributed by atoms with Crippen molar-refractivity contribution in [3.05, 3.63) is 62.5 Å². The van der Waals surface area contributed by atoms with E-state index in [1.807, 2.05) is 12.1 Å². The molecule has 0 saturated carbocycles. The minimum Gasteiger partial charge on any atom is -0.311 e. The zero-order valence-electron chi connectivity index (χ0n) is 10.6. The van der Waals surface area contributed by atoms with Crippen LogP contribution in [0.25, 0.3) is 0 Å². The van der Waals surface area contributed by atoms with Gasteiger partial charge in [0.15, 0.2) is 0 Å². The Balaban J connectivity index is 2.32. The van der Waals surface area contributed by atoms with Crippen LogP contribution in [0.15, 0.2) is 51.4 Å². The van der Waals surface area contributed by atoms with E-state index in [4.69, 9.17) is 5.26 Å². The van der Waals surface area contributed by atoms with Crippen molar-refractivity contribution < 1.29 is 4.79 Å². The van der Waals surface area contributed by atoms with E-state index in [1.54, 1.807) is 42.3 Å². The Morgan fingerprint density at radius 2 is 1.80 bits per heavy atom. The molecule has 20 heavy (non-hydrogen) atoms. The molecule has 0 unspecified atom stereocenters. The third-order valence-corrected chi connectivity index (χ3v) is 4.03. The minimum absolute atomic E-state index is 0.122. The maximum Gasteiger partial charge on any atom is 0.259 e. The van der Waals surface area contributed by atoms with Gasteiger partial charge in [0.1, 0.15) is 0 Å². The Labute approximate surface area is 134 Å². The molecule has 2 aromatic carbocycles. The number of carbonyl (C=O) groups is 1. The molecule has 0 aliphatic rings. The number of benzene rings is 2. The summed E-state index contributed by atoms with van der Waals surface area (Å²) in [6.07, 6.45) is 0. The van der Waals surface area contributed by atoms with Gasteiger partial charge in [0.05, 0.1) is 17.2 Å². The van der Waals surface area contributed by atoms with Crippen molar-refractivity contribution in [2.24, 2.45) is 0 Å². The molecule has 0 aromatic heterocycles. The molecule has 0 radical (unpaired) electrons. The quantitative estimate of drug-likeness (QED) is 0.760. The van der Waals surface area contributed by atoms with Gasteiger partial charge in [-0.3, -0.25) is 4.79 Å². The zero-order chi connectivity index (χ0) is 14.7. The van der Waals surface area contributed by atoms with Crippen LogP contribution in [0.1, 0.15) is 15.9 Å². The molecule has 0 spiro atoms. The first-order chi connectivity index (χ1) is 9.52. The molecule has 0 bridgehead atoms. The minimum atomic E-state index is -0.122. The lowest BCUT2D eigenvalue weighted by molar-refractivity contribution is 0.0992. The van der Waals surface area contributed by atoms with Gasteiger partial charge in [-0.25, -0.2) is 0 Å². The third-order valence-electron chi connectivity index (χ3n) is 2.85. The molecule has 100 valence electrons. The van der Waals surface area contributed by atoms with Gasteiger partial charge >= 0.3 is 0 Å². The van der Waals surface area contributed by atoms with E-state index in [0.29, 0.717) is 11.1 Å². The SMILES string of the molecule is CN(C(=O)c1cc(Br)ccc1Br)c1ccc(C#N)cc1. The van der Waals surface area contributed by atoms with Gasteiger partial charge in [0, 0.05) is 21.7 Å². The van der Waals surface area contributed by atoms with E-state index in [9.17, 15) is 4.79 Å². The number of anilines is 1. The van der Waals surface area contributed by atoms with Crippen molar-refractivity contribution in [1.29, 1.82) is 5.26 Å². The number of nitrogens with zero attached hydrogens (tertiary/aromatic N) is 2. The average molecular weight is 394 g/mol. The van der Waals surface area contributed by atoms with E-state index in [1.165, 1.54) is 0 Å². The van der Waals surface area contributed by atoms with Crippen LogP contribution in [0.2, 0.25) is 0 Å². The Bertz CT molecular complexity index is 690.